The van der Waals surface area contributed by atoms with Gasteiger partial charge in [0.1, 0.15) is 0 Å². The molecule has 1 N–H and O–H groups in total. The highest BCUT2D eigenvalue weighted by Gasteiger charge is 2.10. The minimum absolute atomic E-state index is 0.379. The number of rotatable bonds is 7. The molecule has 1 heterocycles. The summed E-state index contributed by atoms with van der Waals surface area (Å²) in [6.07, 6.45) is 5.34. The summed E-state index contributed by atoms with van der Waals surface area (Å²) in [7, 11) is 0. The van der Waals surface area contributed by atoms with Gasteiger partial charge in [-0.15, -0.1) is 6.58 Å². The van der Waals surface area contributed by atoms with Gasteiger partial charge in [-0.1, -0.05) is 19.1 Å². The van der Waals surface area contributed by atoms with Gasteiger partial charge in [-0.3, -0.25) is 4.98 Å². The number of nitrogens with one attached hydrogen (secondary N) is 1. The number of aryl methyl sites for hydroxylation is 1. The second-order valence-electron chi connectivity index (χ2n) is 4.03. The van der Waals surface area contributed by atoms with Crippen LogP contribution in [0.1, 0.15) is 43.6 Å². The average Bonchev–Trinajstić information content (AvgIpc) is 2.28. The molecule has 2 heteroatoms. The normalized spacial score (nSPS) is 12.4. The van der Waals surface area contributed by atoms with Gasteiger partial charge < -0.3 is 5.32 Å². The summed E-state index contributed by atoms with van der Waals surface area (Å²) in [4.78, 5) is 4.58. The van der Waals surface area contributed by atoms with E-state index in [1.165, 1.54) is 0 Å². The van der Waals surface area contributed by atoms with Crippen molar-refractivity contribution in [2.75, 3.05) is 6.54 Å². The lowest BCUT2D eigenvalue weighted by atomic mass is 10.1. The van der Waals surface area contributed by atoms with E-state index >= 15 is 0 Å². The first kappa shape index (κ1) is 12.9. The zero-order valence-electron chi connectivity index (χ0n) is 10.4. The van der Waals surface area contributed by atoms with Crippen molar-refractivity contribution < 1.29 is 0 Å². The van der Waals surface area contributed by atoms with Crippen molar-refractivity contribution >= 4 is 0 Å². The molecule has 0 fully saturated rings. The summed E-state index contributed by atoms with van der Waals surface area (Å²) < 4.78 is 0. The molecule has 1 aromatic heterocycles. The fourth-order valence-electron chi connectivity index (χ4n) is 1.83. The predicted molar refractivity (Wildman–Crippen MR) is 69.4 cm³/mol. The molecule has 1 aromatic rings. The van der Waals surface area contributed by atoms with Crippen molar-refractivity contribution in [1.82, 2.24) is 10.3 Å². The number of aromatic nitrogens is 1. The van der Waals surface area contributed by atoms with Crippen LogP contribution >= 0.6 is 0 Å². The first-order valence-corrected chi connectivity index (χ1v) is 6.05. The number of nitrogens with zero attached hydrogens (tertiary/aromatic N) is 1. The maximum Gasteiger partial charge on any atom is 0.0576 e. The molecule has 0 radical (unpaired) electrons. The smallest absolute Gasteiger partial charge is 0.0576 e. The Labute approximate surface area is 98.8 Å². The van der Waals surface area contributed by atoms with Crippen LogP contribution in [-0.2, 0) is 0 Å². The van der Waals surface area contributed by atoms with Gasteiger partial charge in [-0.05, 0) is 44.9 Å². The molecular formula is C14H22N2. The molecular weight excluding hydrogens is 196 g/mol. The van der Waals surface area contributed by atoms with Crippen LogP contribution in [0.2, 0.25) is 0 Å². The highest BCUT2D eigenvalue weighted by Crippen LogP contribution is 2.17. The van der Waals surface area contributed by atoms with Gasteiger partial charge in [0, 0.05) is 11.7 Å². The molecule has 0 spiro atoms. The molecule has 0 aromatic carbocycles. The largest absolute Gasteiger partial charge is 0.309 e. The van der Waals surface area contributed by atoms with Gasteiger partial charge >= 0.3 is 0 Å². The van der Waals surface area contributed by atoms with Crippen molar-refractivity contribution in [2.24, 2.45) is 0 Å². The van der Waals surface area contributed by atoms with E-state index in [9.17, 15) is 0 Å². The fourth-order valence-corrected chi connectivity index (χ4v) is 1.83. The fraction of sp³-hybridized carbons (Fsp3) is 0.500. The third-order valence-electron chi connectivity index (χ3n) is 2.62. The van der Waals surface area contributed by atoms with Crippen molar-refractivity contribution in [2.45, 2.75) is 39.2 Å². The molecule has 0 bridgehead atoms. The molecule has 0 aliphatic carbocycles. The van der Waals surface area contributed by atoms with Gasteiger partial charge in [0.2, 0.25) is 0 Å². The Hall–Kier alpha value is -1.15. The summed E-state index contributed by atoms with van der Waals surface area (Å²) in [5.41, 5.74) is 2.25. The van der Waals surface area contributed by atoms with Gasteiger partial charge in [-0.2, -0.15) is 0 Å². The topological polar surface area (TPSA) is 24.9 Å². The maximum atomic E-state index is 4.58. The third kappa shape index (κ3) is 4.15. The van der Waals surface area contributed by atoms with Gasteiger partial charge in [-0.25, -0.2) is 0 Å². The van der Waals surface area contributed by atoms with Crippen LogP contribution in [0, 0.1) is 6.92 Å². The minimum atomic E-state index is 0.379. The Balaban J connectivity index is 2.64. The number of hydrogen-bond acceptors (Lipinski definition) is 2. The summed E-state index contributed by atoms with van der Waals surface area (Å²) in [6, 6.07) is 6.60. The van der Waals surface area contributed by atoms with E-state index in [0.717, 1.165) is 37.2 Å². The Kier molecular flexibility index (Phi) is 5.79. The lowest BCUT2D eigenvalue weighted by molar-refractivity contribution is 0.489. The quantitative estimate of drug-likeness (QED) is 0.560. The SMILES string of the molecule is C=CCCCC(NCC)c1cccc(C)n1. The van der Waals surface area contributed by atoms with Crippen LogP contribution in [0.15, 0.2) is 30.9 Å². The second-order valence-corrected chi connectivity index (χ2v) is 4.03. The van der Waals surface area contributed by atoms with E-state index in [4.69, 9.17) is 0 Å². The van der Waals surface area contributed by atoms with Gasteiger partial charge in [0.05, 0.1) is 5.69 Å². The van der Waals surface area contributed by atoms with Crippen molar-refractivity contribution in [1.29, 1.82) is 0 Å². The highest BCUT2D eigenvalue weighted by molar-refractivity contribution is 5.13. The van der Waals surface area contributed by atoms with Crippen LogP contribution in [0.25, 0.3) is 0 Å². The Morgan fingerprint density at radius 2 is 2.31 bits per heavy atom. The van der Waals surface area contributed by atoms with Crippen LogP contribution in [0.4, 0.5) is 0 Å². The zero-order valence-corrected chi connectivity index (χ0v) is 10.4. The van der Waals surface area contributed by atoms with Crippen LogP contribution < -0.4 is 5.32 Å². The number of hydrogen-bond donors (Lipinski definition) is 1. The molecule has 2 nitrogen and oxygen atoms in total. The van der Waals surface area contributed by atoms with E-state index in [1.807, 2.05) is 19.1 Å². The Bertz CT molecular complexity index is 320. The van der Waals surface area contributed by atoms with Crippen LogP contribution in [0.5, 0.6) is 0 Å². The van der Waals surface area contributed by atoms with Gasteiger partial charge in [0.25, 0.3) is 0 Å². The second kappa shape index (κ2) is 7.18. The molecule has 0 saturated carbocycles. The summed E-state index contributed by atoms with van der Waals surface area (Å²) >= 11 is 0. The van der Waals surface area contributed by atoms with E-state index in [2.05, 4.69) is 35.9 Å². The average molecular weight is 218 g/mol. The predicted octanol–water partition coefficient (Wildman–Crippen LogP) is 3.40. The van der Waals surface area contributed by atoms with Gasteiger partial charge in [0.15, 0.2) is 0 Å². The number of unbranched alkanes of at least 4 members (excludes halogenated alkanes) is 1. The van der Waals surface area contributed by atoms with E-state index in [-0.39, 0.29) is 0 Å². The minimum Gasteiger partial charge on any atom is -0.309 e. The lowest BCUT2D eigenvalue weighted by Crippen LogP contribution is -2.22. The van der Waals surface area contributed by atoms with Crippen LogP contribution in [-0.4, -0.2) is 11.5 Å². The van der Waals surface area contributed by atoms with E-state index in [1.54, 1.807) is 0 Å². The molecule has 0 aliphatic heterocycles. The molecule has 0 saturated heterocycles. The molecule has 16 heavy (non-hydrogen) atoms. The first-order valence-electron chi connectivity index (χ1n) is 6.05. The lowest BCUT2D eigenvalue weighted by Gasteiger charge is -2.17. The molecule has 0 aliphatic rings. The molecule has 1 rings (SSSR count). The van der Waals surface area contributed by atoms with E-state index in [0.29, 0.717) is 6.04 Å². The first-order chi connectivity index (χ1) is 7.77. The van der Waals surface area contributed by atoms with Crippen molar-refractivity contribution in [3.63, 3.8) is 0 Å². The number of pyridine rings is 1. The summed E-state index contributed by atoms with van der Waals surface area (Å²) in [5.74, 6) is 0. The third-order valence-corrected chi connectivity index (χ3v) is 2.62. The standard InChI is InChI=1S/C14H22N2/c1-4-6-7-10-13(15-5-2)14-11-8-9-12(3)16-14/h4,8-9,11,13,15H,1,5-7,10H2,2-3H3. The summed E-state index contributed by atoms with van der Waals surface area (Å²) in [5, 5.41) is 3.49. The monoisotopic (exact) mass is 218 g/mol. The molecule has 1 unspecified atom stereocenters. The molecule has 1 atom stereocenters. The van der Waals surface area contributed by atoms with Crippen LogP contribution in [0.3, 0.4) is 0 Å². The highest BCUT2D eigenvalue weighted by atomic mass is 14.9. The Morgan fingerprint density at radius 1 is 1.50 bits per heavy atom. The number of allylic oxidation sites excluding steroid dienone is 1. The molecule has 88 valence electrons. The Morgan fingerprint density at radius 3 is 2.94 bits per heavy atom. The van der Waals surface area contributed by atoms with Crippen molar-refractivity contribution in [3.05, 3.63) is 42.2 Å². The zero-order chi connectivity index (χ0) is 11.8. The van der Waals surface area contributed by atoms with Crippen molar-refractivity contribution in [3.8, 4) is 0 Å². The maximum absolute atomic E-state index is 4.58. The summed E-state index contributed by atoms with van der Waals surface area (Å²) in [6.45, 7) is 8.91. The molecule has 0 amide bonds. The van der Waals surface area contributed by atoms with E-state index < -0.39 is 0 Å².